The fraction of sp³-hybridized carbons (Fsp3) is 0.308. The zero-order valence-electron chi connectivity index (χ0n) is 19.2. The van der Waals surface area contributed by atoms with E-state index in [4.69, 9.17) is 9.47 Å². The van der Waals surface area contributed by atoms with Gasteiger partial charge < -0.3 is 20.1 Å². The standard InChI is InChI=1S/C26H27BrN2O4/c1-14-8-5-6-9-18(14)29-26(31)23-15(2)28-19-10-7-11-20(30)25(19)24(23)16-12-22(33-4)17(27)13-21(16)32-3/h5-6,8-9,12-13,24,28H,7,10-11H2,1-4H3,(H,29,31)/t24-/m1/s1. The van der Waals surface area contributed by atoms with E-state index in [0.717, 1.165) is 45.5 Å². The number of para-hydroxylation sites is 1. The highest BCUT2D eigenvalue weighted by Gasteiger charge is 2.40. The number of allylic oxidation sites excluding steroid dienone is 3. The minimum Gasteiger partial charge on any atom is -0.496 e. The number of aryl methyl sites for hydroxylation is 1. The van der Waals surface area contributed by atoms with Crippen LogP contribution in [0.3, 0.4) is 0 Å². The van der Waals surface area contributed by atoms with Crippen molar-refractivity contribution >= 4 is 33.3 Å². The summed E-state index contributed by atoms with van der Waals surface area (Å²) in [5, 5.41) is 6.40. The van der Waals surface area contributed by atoms with Crippen molar-refractivity contribution in [1.29, 1.82) is 0 Å². The van der Waals surface area contributed by atoms with Crippen molar-refractivity contribution in [1.82, 2.24) is 5.32 Å². The minimum absolute atomic E-state index is 0.0476. The molecule has 2 aliphatic rings. The number of benzene rings is 2. The van der Waals surface area contributed by atoms with E-state index >= 15 is 0 Å². The molecule has 172 valence electrons. The molecule has 7 heteroatoms. The summed E-state index contributed by atoms with van der Waals surface area (Å²) in [6.07, 6.45) is 2.01. The Hall–Kier alpha value is -3.06. The zero-order chi connectivity index (χ0) is 23.7. The van der Waals surface area contributed by atoms with Crippen LogP contribution < -0.4 is 20.1 Å². The first kappa shape index (κ1) is 23.1. The Balaban J connectivity index is 1.89. The molecular weight excluding hydrogens is 484 g/mol. The van der Waals surface area contributed by atoms with Crippen LogP contribution in [-0.2, 0) is 9.59 Å². The second-order valence-electron chi connectivity index (χ2n) is 8.26. The fourth-order valence-electron chi connectivity index (χ4n) is 4.61. The maximum Gasteiger partial charge on any atom is 0.254 e. The van der Waals surface area contributed by atoms with E-state index in [2.05, 4.69) is 26.6 Å². The van der Waals surface area contributed by atoms with E-state index in [0.29, 0.717) is 29.1 Å². The average Bonchev–Trinajstić information content (AvgIpc) is 2.79. The molecule has 6 nitrogen and oxygen atoms in total. The molecule has 1 aliphatic heterocycles. The smallest absolute Gasteiger partial charge is 0.254 e. The highest BCUT2D eigenvalue weighted by molar-refractivity contribution is 9.10. The molecule has 2 N–H and O–H groups in total. The number of hydrogen-bond donors (Lipinski definition) is 2. The second-order valence-corrected chi connectivity index (χ2v) is 9.12. The van der Waals surface area contributed by atoms with Crippen LogP contribution in [0.15, 0.2) is 63.4 Å². The molecule has 33 heavy (non-hydrogen) atoms. The SMILES string of the molecule is COc1cc([C@@H]2C(C(=O)Nc3ccccc3C)=C(C)NC3=C2C(=O)CCC3)c(OC)cc1Br. The monoisotopic (exact) mass is 510 g/mol. The van der Waals surface area contributed by atoms with Gasteiger partial charge in [-0.15, -0.1) is 0 Å². The lowest BCUT2D eigenvalue weighted by Crippen LogP contribution is -2.35. The molecule has 0 fully saturated rings. The van der Waals surface area contributed by atoms with E-state index in [9.17, 15) is 9.59 Å². The number of hydrogen-bond acceptors (Lipinski definition) is 5. The van der Waals surface area contributed by atoms with Crippen LogP contribution >= 0.6 is 15.9 Å². The molecule has 2 aromatic carbocycles. The molecule has 0 bridgehead atoms. The van der Waals surface area contributed by atoms with E-state index in [1.807, 2.05) is 50.2 Å². The van der Waals surface area contributed by atoms with Crippen LogP contribution in [0, 0.1) is 6.92 Å². The van der Waals surface area contributed by atoms with Gasteiger partial charge in [-0.2, -0.15) is 0 Å². The van der Waals surface area contributed by atoms with Crippen molar-refractivity contribution in [2.45, 2.75) is 39.0 Å². The summed E-state index contributed by atoms with van der Waals surface area (Å²) in [4.78, 5) is 26.9. The maximum atomic E-state index is 13.7. The van der Waals surface area contributed by atoms with Gasteiger partial charge in [0.2, 0.25) is 0 Å². The molecule has 0 saturated heterocycles. The number of ether oxygens (including phenoxy) is 2. The molecule has 0 spiro atoms. The first-order chi connectivity index (χ1) is 15.8. The largest absolute Gasteiger partial charge is 0.496 e. The molecule has 4 rings (SSSR count). The van der Waals surface area contributed by atoms with Crippen LogP contribution in [0.1, 0.15) is 43.2 Å². The van der Waals surface area contributed by atoms with Gasteiger partial charge in [0, 0.05) is 40.2 Å². The molecule has 0 radical (unpaired) electrons. The summed E-state index contributed by atoms with van der Waals surface area (Å²) < 4.78 is 12.0. The van der Waals surface area contributed by atoms with Gasteiger partial charge in [0.25, 0.3) is 5.91 Å². The number of halogens is 1. The van der Waals surface area contributed by atoms with Crippen molar-refractivity contribution < 1.29 is 19.1 Å². The van der Waals surface area contributed by atoms with Crippen LogP contribution in [-0.4, -0.2) is 25.9 Å². The molecule has 2 aromatic rings. The number of carbonyl (C=O) groups is 2. The number of rotatable bonds is 5. The molecule has 0 unspecified atom stereocenters. The molecule has 1 heterocycles. The van der Waals surface area contributed by atoms with Crippen LogP contribution in [0.25, 0.3) is 0 Å². The van der Waals surface area contributed by atoms with Gasteiger partial charge >= 0.3 is 0 Å². The first-order valence-electron chi connectivity index (χ1n) is 10.9. The Kier molecular flexibility index (Phi) is 6.61. The predicted molar refractivity (Wildman–Crippen MR) is 132 cm³/mol. The number of nitrogens with one attached hydrogen (secondary N) is 2. The van der Waals surface area contributed by atoms with Gasteiger partial charge in [0.05, 0.1) is 24.6 Å². The Bertz CT molecular complexity index is 1200. The van der Waals surface area contributed by atoms with Crippen molar-refractivity contribution in [2.75, 3.05) is 19.5 Å². The summed E-state index contributed by atoms with van der Waals surface area (Å²) in [6, 6.07) is 11.3. The zero-order valence-corrected chi connectivity index (χ0v) is 20.8. The summed E-state index contributed by atoms with van der Waals surface area (Å²) in [5.74, 6) is 0.398. The lowest BCUT2D eigenvalue weighted by molar-refractivity contribution is -0.116. The van der Waals surface area contributed by atoms with Gasteiger partial charge in [0.1, 0.15) is 11.5 Å². The lowest BCUT2D eigenvalue weighted by atomic mass is 9.74. The number of dihydropyridines is 1. The Morgan fingerprint density at radius 2 is 1.82 bits per heavy atom. The normalized spacial score (nSPS) is 18.0. The molecule has 1 atom stereocenters. The van der Waals surface area contributed by atoms with Gasteiger partial charge in [-0.05, 0) is 66.4 Å². The number of anilines is 1. The third kappa shape index (κ3) is 4.29. The highest BCUT2D eigenvalue weighted by atomic mass is 79.9. The van der Waals surface area contributed by atoms with Crippen LogP contribution in [0.4, 0.5) is 5.69 Å². The Morgan fingerprint density at radius 1 is 1.09 bits per heavy atom. The van der Waals surface area contributed by atoms with Gasteiger partial charge in [-0.25, -0.2) is 0 Å². The van der Waals surface area contributed by atoms with E-state index < -0.39 is 5.92 Å². The number of amides is 1. The molecular formula is C26H27BrN2O4. The third-order valence-corrected chi connectivity index (χ3v) is 6.85. The van der Waals surface area contributed by atoms with Crippen molar-refractivity contribution in [3.63, 3.8) is 0 Å². The third-order valence-electron chi connectivity index (χ3n) is 6.23. The second kappa shape index (κ2) is 9.43. The molecule has 0 aromatic heterocycles. The molecule has 1 amide bonds. The molecule has 0 saturated carbocycles. The number of Topliss-reactive ketones (excluding diaryl/α,β-unsaturated/α-hetero) is 1. The van der Waals surface area contributed by atoms with Crippen LogP contribution in [0.2, 0.25) is 0 Å². The Labute approximate surface area is 202 Å². The molecule has 1 aliphatic carbocycles. The van der Waals surface area contributed by atoms with Crippen molar-refractivity contribution in [2.24, 2.45) is 0 Å². The maximum absolute atomic E-state index is 13.7. The predicted octanol–water partition coefficient (Wildman–Crippen LogP) is 5.38. The first-order valence-corrected chi connectivity index (χ1v) is 11.7. The van der Waals surface area contributed by atoms with E-state index in [-0.39, 0.29) is 11.7 Å². The van der Waals surface area contributed by atoms with E-state index in [1.165, 1.54) is 0 Å². The topological polar surface area (TPSA) is 76.7 Å². The van der Waals surface area contributed by atoms with Crippen molar-refractivity contribution in [3.05, 3.63) is 74.5 Å². The summed E-state index contributed by atoms with van der Waals surface area (Å²) in [5.41, 5.74) is 5.14. The van der Waals surface area contributed by atoms with E-state index in [1.54, 1.807) is 14.2 Å². The minimum atomic E-state index is -0.574. The van der Waals surface area contributed by atoms with Crippen LogP contribution in [0.5, 0.6) is 11.5 Å². The summed E-state index contributed by atoms with van der Waals surface area (Å²) in [6.45, 7) is 3.83. The summed E-state index contributed by atoms with van der Waals surface area (Å²) in [7, 11) is 3.17. The fourth-order valence-corrected chi connectivity index (χ4v) is 5.09. The average molecular weight is 511 g/mol. The van der Waals surface area contributed by atoms with Gasteiger partial charge in [-0.3, -0.25) is 9.59 Å². The number of ketones is 1. The van der Waals surface area contributed by atoms with Gasteiger partial charge in [-0.1, -0.05) is 18.2 Å². The lowest BCUT2D eigenvalue weighted by Gasteiger charge is -2.35. The van der Waals surface area contributed by atoms with Gasteiger partial charge in [0.15, 0.2) is 5.78 Å². The number of carbonyl (C=O) groups excluding carboxylic acids is 2. The summed E-state index contributed by atoms with van der Waals surface area (Å²) >= 11 is 3.51. The quantitative estimate of drug-likeness (QED) is 0.564. The number of methoxy groups -OCH3 is 2. The highest BCUT2D eigenvalue weighted by Crippen LogP contribution is 2.47. The Morgan fingerprint density at radius 3 is 2.52 bits per heavy atom. The van der Waals surface area contributed by atoms with Crippen molar-refractivity contribution in [3.8, 4) is 11.5 Å².